The molecule has 7 heteroatoms. The van der Waals surface area contributed by atoms with Crippen molar-refractivity contribution in [2.75, 3.05) is 33.2 Å². The number of hydrogen-bond donors (Lipinski definition) is 2. The molecule has 1 amide bonds. The number of hydrazine groups is 1. The number of rotatable bonds is 3. The van der Waals surface area contributed by atoms with Crippen LogP contribution in [0.5, 0.6) is 0 Å². The number of carboxylic acid groups (broad SMARTS) is 1. The van der Waals surface area contributed by atoms with Gasteiger partial charge in [-0.2, -0.15) is 0 Å². The number of amides is 1. The quantitative estimate of drug-likeness (QED) is 0.640. The second-order valence-corrected chi connectivity index (χ2v) is 5.61. The Hall–Kier alpha value is -1.44. The summed E-state index contributed by atoms with van der Waals surface area (Å²) < 4.78 is 5.51. The molecule has 3 aliphatic rings. The molecular formula is C13H19N3O4. The van der Waals surface area contributed by atoms with Crippen molar-refractivity contribution in [2.45, 2.75) is 12.2 Å². The monoisotopic (exact) mass is 281 g/mol. The van der Waals surface area contributed by atoms with Crippen molar-refractivity contribution < 1.29 is 19.4 Å². The fourth-order valence-electron chi connectivity index (χ4n) is 3.06. The topological polar surface area (TPSA) is 82.1 Å². The summed E-state index contributed by atoms with van der Waals surface area (Å²) in [7, 11) is 2.04. The van der Waals surface area contributed by atoms with Gasteiger partial charge in [0, 0.05) is 26.2 Å². The summed E-state index contributed by atoms with van der Waals surface area (Å²) in [6.07, 6.45) is 2.65. The van der Waals surface area contributed by atoms with Crippen LogP contribution >= 0.6 is 0 Å². The number of aliphatic carboxylic acids is 1. The van der Waals surface area contributed by atoms with E-state index in [9.17, 15) is 14.7 Å². The molecule has 0 saturated carbocycles. The summed E-state index contributed by atoms with van der Waals surface area (Å²) in [6.45, 7) is 3.26. The lowest BCUT2D eigenvalue weighted by Crippen LogP contribution is -2.55. The van der Waals surface area contributed by atoms with Gasteiger partial charge >= 0.3 is 5.97 Å². The predicted molar refractivity (Wildman–Crippen MR) is 69.6 cm³/mol. The van der Waals surface area contributed by atoms with Gasteiger partial charge in [0.15, 0.2) is 0 Å². The minimum Gasteiger partial charge on any atom is -0.481 e. The number of carbonyl (C=O) groups is 2. The Morgan fingerprint density at radius 3 is 2.35 bits per heavy atom. The van der Waals surface area contributed by atoms with E-state index in [4.69, 9.17) is 4.74 Å². The maximum Gasteiger partial charge on any atom is 0.310 e. The molecule has 2 bridgehead atoms. The average molecular weight is 281 g/mol. The van der Waals surface area contributed by atoms with Crippen molar-refractivity contribution in [3.8, 4) is 0 Å². The molecule has 3 rings (SSSR count). The third kappa shape index (κ3) is 2.32. The van der Waals surface area contributed by atoms with Crippen molar-refractivity contribution in [3.63, 3.8) is 0 Å². The summed E-state index contributed by atoms with van der Waals surface area (Å²) in [4.78, 5) is 25.9. The van der Waals surface area contributed by atoms with Crippen molar-refractivity contribution in [3.05, 3.63) is 12.2 Å². The van der Waals surface area contributed by atoms with E-state index in [0.29, 0.717) is 0 Å². The second-order valence-electron chi connectivity index (χ2n) is 5.61. The highest BCUT2D eigenvalue weighted by Crippen LogP contribution is 2.39. The minimum absolute atomic E-state index is 0.251. The zero-order valence-electron chi connectivity index (χ0n) is 11.4. The molecule has 110 valence electrons. The molecule has 0 unspecified atom stereocenters. The molecule has 0 aliphatic carbocycles. The molecule has 0 radical (unpaired) electrons. The third-order valence-electron chi connectivity index (χ3n) is 4.26. The largest absolute Gasteiger partial charge is 0.481 e. The first kappa shape index (κ1) is 13.5. The second kappa shape index (κ2) is 5.16. The van der Waals surface area contributed by atoms with Crippen LogP contribution in [0.3, 0.4) is 0 Å². The predicted octanol–water partition coefficient (Wildman–Crippen LogP) is -1.08. The van der Waals surface area contributed by atoms with Crippen LogP contribution < -0.4 is 5.43 Å². The SMILES string of the molecule is CN1CCN(NC(=O)[C@@H]2[C@H](C(=O)O)[C@H]3C=C[C@H]2O3)CC1. The highest BCUT2D eigenvalue weighted by molar-refractivity contribution is 5.87. The molecule has 0 spiro atoms. The third-order valence-corrected chi connectivity index (χ3v) is 4.26. The van der Waals surface area contributed by atoms with Crippen molar-refractivity contribution >= 4 is 11.9 Å². The molecular weight excluding hydrogens is 262 g/mol. The summed E-state index contributed by atoms with van der Waals surface area (Å²) in [6, 6.07) is 0. The van der Waals surface area contributed by atoms with Crippen LogP contribution in [0, 0.1) is 11.8 Å². The standard InChI is InChI=1S/C13H19N3O4/c1-15-4-6-16(7-5-15)14-12(17)10-8-2-3-9(20-8)11(10)13(18)19/h2-3,8-11H,4-7H2,1H3,(H,14,17)(H,18,19)/t8-,9-,10+,11-/m1/s1. The van der Waals surface area contributed by atoms with Crippen molar-refractivity contribution in [2.24, 2.45) is 11.8 Å². The summed E-state index contributed by atoms with van der Waals surface area (Å²) in [5.74, 6) is -2.64. The van der Waals surface area contributed by atoms with Crippen LogP contribution in [0.15, 0.2) is 12.2 Å². The molecule has 0 aromatic rings. The number of fused-ring (bicyclic) bond motifs is 2. The summed E-state index contributed by atoms with van der Waals surface area (Å²) in [5.41, 5.74) is 2.84. The minimum atomic E-state index is -0.972. The van der Waals surface area contributed by atoms with Gasteiger partial charge in [-0.1, -0.05) is 12.2 Å². The van der Waals surface area contributed by atoms with Crippen LogP contribution in [-0.2, 0) is 14.3 Å². The van der Waals surface area contributed by atoms with Gasteiger partial charge in [-0.3, -0.25) is 15.0 Å². The lowest BCUT2D eigenvalue weighted by molar-refractivity contribution is -0.148. The lowest BCUT2D eigenvalue weighted by Gasteiger charge is -2.33. The first-order chi connectivity index (χ1) is 9.56. The van der Waals surface area contributed by atoms with Crippen LogP contribution in [-0.4, -0.2) is 72.3 Å². The maximum absolute atomic E-state index is 12.4. The van der Waals surface area contributed by atoms with E-state index in [1.165, 1.54) is 0 Å². The molecule has 0 aromatic heterocycles. The zero-order chi connectivity index (χ0) is 14.3. The zero-order valence-corrected chi connectivity index (χ0v) is 11.4. The van der Waals surface area contributed by atoms with Gasteiger partial charge in [-0.15, -0.1) is 0 Å². The van der Waals surface area contributed by atoms with E-state index in [-0.39, 0.29) is 5.91 Å². The van der Waals surface area contributed by atoms with Gasteiger partial charge in [0.2, 0.25) is 5.91 Å². The van der Waals surface area contributed by atoms with E-state index in [1.807, 2.05) is 12.1 Å². The first-order valence-electron chi connectivity index (χ1n) is 6.87. The maximum atomic E-state index is 12.4. The normalized spacial score (nSPS) is 37.2. The van der Waals surface area contributed by atoms with E-state index >= 15 is 0 Å². The smallest absolute Gasteiger partial charge is 0.310 e. The Morgan fingerprint density at radius 2 is 1.75 bits per heavy atom. The number of nitrogens with zero attached hydrogens (tertiary/aromatic N) is 2. The highest BCUT2D eigenvalue weighted by Gasteiger charge is 2.53. The van der Waals surface area contributed by atoms with E-state index < -0.39 is 30.0 Å². The molecule has 2 fully saturated rings. The average Bonchev–Trinajstić information content (AvgIpc) is 3.01. The number of carbonyl (C=O) groups excluding carboxylic acids is 1. The number of nitrogens with one attached hydrogen (secondary N) is 1. The van der Waals surface area contributed by atoms with E-state index in [2.05, 4.69) is 10.3 Å². The Kier molecular flexibility index (Phi) is 3.49. The summed E-state index contributed by atoms with van der Waals surface area (Å²) in [5, 5.41) is 11.1. The van der Waals surface area contributed by atoms with E-state index in [1.54, 1.807) is 12.2 Å². The molecule has 3 aliphatic heterocycles. The van der Waals surface area contributed by atoms with Gasteiger partial charge in [0.05, 0.1) is 18.1 Å². The fraction of sp³-hybridized carbons (Fsp3) is 0.692. The van der Waals surface area contributed by atoms with Gasteiger partial charge < -0.3 is 14.7 Å². The number of piperazine rings is 1. The van der Waals surface area contributed by atoms with Crippen LogP contribution in [0.25, 0.3) is 0 Å². The summed E-state index contributed by atoms with van der Waals surface area (Å²) >= 11 is 0. The number of ether oxygens (including phenoxy) is 1. The Morgan fingerprint density at radius 1 is 1.15 bits per heavy atom. The number of hydrogen-bond acceptors (Lipinski definition) is 5. The van der Waals surface area contributed by atoms with Gasteiger partial charge in [-0.05, 0) is 7.05 Å². The van der Waals surface area contributed by atoms with Crippen LogP contribution in [0.1, 0.15) is 0 Å². The van der Waals surface area contributed by atoms with Gasteiger partial charge in [0.1, 0.15) is 5.92 Å². The number of carboxylic acids is 1. The molecule has 20 heavy (non-hydrogen) atoms. The van der Waals surface area contributed by atoms with Crippen LogP contribution in [0.2, 0.25) is 0 Å². The van der Waals surface area contributed by atoms with Crippen molar-refractivity contribution in [1.29, 1.82) is 0 Å². The number of likely N-dealkylation sites (N-methyl/N-ethyl adjacent to an activating group) is 1. The van der Waals surface area contributed by atoms with Gasteiger partial charge in [0.25, 0.3) is 0 Å². The molecule has 2 saturated heterocycles. The van der Waals surface area contributed by atoms with E-state index in [0.717, 1.165) is 26.2 Å². The lowest BCUT2D eigenvalue weighted by atomic mass is 9.82. The first-order valence-corrected chi connectivity index (χ1v) is 6.87. The molecule has 4 atom stereocenters. The fourth-order valence-corrected chi connectivity index (χ4v) is 3.06. The Balaban J connectivity index is 1.64. The van der Waals surface area contributed by atoms with Gasteiger partial charge in [-0.25, -0.2) is 5.01 Å². The Labute approximate surface area is 117 Å². The van der Waals surface area contributed by atoms with Crippen LogP contribution in [0.4, 0.5) is 0 Å². The molecule has 0 aromatic carbocycles. The molecule has 2 N–H and O–H groups in total. The molecule has 7 nitrogen and oxygen atoms in total. The highest BCUT2D eigenvalue weighted by atomic mass is 16.5. The Bertz CT molecular complexity index is 445. The molecule has 3 heterocycles. The van der Waals surface area contributed by atoms with Crippen molar-refractivity contribution in [1.82, 2.24) is 15.3 Å².